The Balaban J connectivity index is 0.990. The van der Waals surface area contributed by atoms with Crippen LogP contribution in [0, 0.1) is 0 Å². The Morgan fingerprint density at radius 2 is 1.30 bits per heavy atom. The lowest BCUT2D eigenvalue weighted by molar-refractivity contribution is 0.720. The van der Waals surface area contributed by atoms with Crippen LogP contribution in [0.25, 0.3) is 83.2 Å². The standard InChI is InChI=1S/C50H34N4/c1-2-11-31(12-3-1)43-27-23-32-21-22-33-24-28-44(53-50(33)49(32)52-43)36-25-26-42(51-30-36)34-13-10-14-35(29-34)48-47-40-18-7-5-16-38(40)37-15-4-6-17-39(37)46(47)41-19-8-9-20-45(41)54-48/h2,4-30,38,40H,1,3H2. The molecule has 0 spiro atoms. The highest BCUT2D eigenvalue weighted by molar-refractivity contribution is 6.04. The molecule has 2 unspecified atom stereocenters. The van der Waals surface area contributed by atoms with Crippen LogP contribution in [0.1, 0.15) is 41.5 Å². The third-order valence-electron chi connectivity index (χ3n) is 11.3. The summed E-state index contributed by atoms with van der Waals surface area (Å²) in [6, 6.07) is 43.2. The van der Waals surface area contributed by atoms with Crippen molar-refractivity contribution < 1.29 is 0 Å². The number of allylic oxidation sites excluding steroid dienone is 8. The average molecular weight is 691 g/mol. The molecular formula is C50H34N4. The predicted molar refractivity (Wildman–Crippen MR) is 222 cm³/mol. The minimum Gasteiger partial charge on any atom is -0.256 e. The summed E-state index contributed by atoms with van der Waals surface area (Å²) in [4.78, 5) is 20.7. The molecule has 2 atom stereocenters. The molecule has 0 N–H and O–H groups in total. The van der Waals surface area contributed by atoms with Crippen LogP contribution >= 0.6 is 0 Å². The van der Waals surface area contributed by atoms with Crippen LogP contribution in [0.2, 0.25) is 0 Å². The van der Waals surface area contributed by atoms with E-state index in [9.17, 15) is 0 Å². The molecule has 254 valence electrons. The largest absolute Gasteiger partial charge is 0.256 e. The van der Waals surface area contributed by atoms with Crippen LogP contribution in [0.3, 0.4) is 0 Å². The lowest BCUT2D eigenvalue weighted by Gasteiger charge is -2.35. The van der Waals surface area contributed by atoms with Crippen molar-refractivity contribution in [2.45, 2.75) is 24.7 Å². The first-order valence-corrected chi connectivity index (χ1v) is 18.8. The molecular weight excluding hydrogens is 657 g/mol. The first-order valence-electron chi connectivity index (χ1n) is 18.8. The lowest BCUT2D eigenvalue weighted by atomic mass is 9.68. The van der Waals surface area contributed by atoms with Gasteiger partial charge in [0, 0.05) is 50.9 Å². The average Bonchev–Trinajstić information content (AvgIpc) is 3.26. The Bertz CT molecular complexity index is 2950. The van der Waals surface area contributed by atoms with E-state index in [2.05, 4.69) is 164 Å². The van der Waals surface area contributed by atoms with Gasteiger partial charge in [0.2, 0.25) is 0 Å². The number of aromatic nitrogens is 4. The molecule has 4 aromatic carbocycles. The van der Waals surface area contributed by atoms with Crippen molar-refractivity contribution in [1.82, 2.24) is 19.9 Å². The van der Waals surface area contributed by atoms with Gasteiger partial charge < -0.3 is 0 Å². The molecule has 0 bridgehead atoms. The Labute approximate surface area is 313 Å². The van der Waals surface area contributed by atoms with Crippen LogP contribution in [-0.2, 0) is 0 Å². The van der Waals surface area contributed by atoms with E-state index in [1.165, 1.54) is 33.2 Å². The molecule has 4 heteroatoms. The maximum absolute atomic E-state index is 5.39. The number of pyridine rings is 4. The maximum Gasteiger partial charge on any atom is 0.0972 e. The zero-order valence-corrected chi connectivity index (χ0v) is 29.5. The fraction of sp³-hybridized carbons (Fsp3) is 0.0800. The molecule has 8 aromatic rings. The van der Waals surface area contributed by atoms with Gasteiger partial charge in [-0.25, -0.2) is 15.0 Å². The SMILES string of the molecule is C1=CC2c3ccccc3-c3c(c(-c4cccc(-c5ccc(-c6ccc7ccc8ccc(C9=CCCC=C9)nc8c7n6)cn5)c4)nc4ccccc34)C2C=C1. The topological polar surface area (TPSA) is 51.6 Å². The van der Waals surface area contributed by atoms with Gasteiger partial charge in [-0.3, -0.25) is 4.98 Å². The summed E-state index contributed by atoms with van der Waals surface area (Å²) < 4.78 is 0. The van der Waals surface area contributed by atoms with Gasteiger partial charge in [-0.1, -0.05) is 127 Å². The van der Waals surface area contributed by atoms with E-state index in [0.717, 1.165) is 79.6 Å². The van der Waals surface area contributed by atoms with Crippen molar-refractivity contribution >= 4 is 38.3 Å². The fourth-order valence-corrected chi connectivity index (χ4v) is 8.69. The first kappa shape index (κ1) is 30.8. The van der Waals surface area contributed by atoms with Gasteiger partial charge in [0.25, 0.3) is 0 Å². The Morgan fingerprint density at radius 1 is 0.556 bits per heavy atom. The number of rotatable bonds is 4. The van der Waals surface area contributed by atoms with Gasteiger partial charge in [-0.15, -0.1) is 0 Å². The minimum atomic E-state index is 0.197. The Hall–Kier alpha value is -6.78. The molecule has 11 rings (SSSR count). The van der Waals surface area contributed by atoms with Crippen molar-refractivity contribution in [2.75, 3.05) is 0 Å². The molecule has 4 aromatic heterocycles. The minimum absolute atomic E-state index is 0.197. The fourth-order valence-electron chi connectivity index (χ4n) is 8.69. The molecule has 0 saturated heterocycles. The summed E-state index contributed by atoms with van der Waals surface area (Å²) in [5.74, 6) is 0.464. The second-order valence-electron chi connectivity index (χ2n) is 14.4. The molecule has 54 heavy (non-hydrogen) atoms. The van der Waals surface area contributed by atoms with Gasteiger partial charge in [-0.2, -0.15) is 0 Å². The summed E-state index contributed by atoms with van der Waals surface area (Å²) in [6.07, 6.45) is 19.8. The zero-order valence-electron chi connectivity index (χ0n) is 29.5. The van der Waals surface area contributed by atoms with E-state index in [-0.39, 0.29) is 11.8 Å². The van der Waals surface area contributed by atoms with Crippen molar-refractivity contribution in [3.05, 3.63) is 187 Å². The zero-order chi connectivity index (χ0) is 35.6. The molecule has 3 aliphatic rings. The number of para-hydroxylation sites is 1. The van der Waals surface area contributed by atoms with Crippen molar-refractivity contribution in [3.8, 4) is 44.9 Å². The quantitative estimate of drug-likeness (QED) is 0.173. The van der Waals surface area contributed by atoms with Gasteiger partial charge in [-0.05, 0) is 77.1 Å². The molecule has 4 heterocycles. The molecule has 3 aliphatic carbocycles. The van der Waals surface area contributed by atoms with Gasteiger partial charge in [0.05, 0.1) is 39.3 Å². The lowest BCUT2D eigenvalue weighted by Crippen LogP contribution is -2.18. The number of benzene rings is 4. The molecule has 0 radical (unpaired) electrons. The number of hydrogen-bond acceptors (Lipinski definition) is 4. The monoisotopic (exact) mass is 690 g/mol. The van der Waals surface area contributed by atoms with Gasteiger partial charge >= 0.3 is 0 Å². The highest BCUT2D eigenvalue weighted by atomic mass is 14.8. The third-order valence-corrected chi connectivity index (χ3v) is 11.3. The van der Waals surface area contributed by atoms with Gasteiger partial charge in [0.1, 0.15) is 0 Å². The van der Waals surface area contributed by atoms with E-state index < -0.39 is 0 Å². The van der Waals surface area contributed by atoms with E-state index in [1.807, 2.05) is 6.20 Å². The van der Waals surface area contributed by atoms with Crippen molar-refractivity contribution in [1.29, 1.82) is 0 Å². The van der Waals surface area contributed by atoms with Crippen LogP contribution < -0.4 is 0 Å². The van der Waals surface area contributed by atoms with Crippen LogP contribution in [0.5, 0.6) is 0 Å². The smallest absolute Gasteiger partial charge is 0.0972 e. The van der Waals surface area contributed by atoms with Gasteiger partial charge in [0.15, 0.2) is 0 Å². The van der Waals surface area contributed by atoms with Crippen LogP contribution in [0.4, 0.5) is 0 Å². The highest BCUT2D eigenvalue weighted by Crippen LogP contribution is 2.54. The summed E-state index contributed by atoms with van der Waals surface area (Å²) >= 11 is 0. The second kappa shape index (κ2) is 12.4. The van der Waals surface area contributed by atoms with E-state index in [4.69, 9.17) is 19.9 Å². The normalized spacial score (nSPS) is 17.0. The van der Waals surface area contributed by atoms with Crippen LogP contribution in [-0.4, -0.2) is 19.9 Å². The summed E-state index contributed by atoms with van der Waals surface area (Å²) in [5, 5.41) is 3.36. The highest BCUT2D eigenvalue weighted by Gasteiger charge is 2.35. The van der Waals surface area contributed by atoms with Crippen molar-refractivity contribution in [2.24, 2.45) is 0 Å². The van der Waals surface area contributed by atoms with E-state index >= 15 is 0 Å². The van der Waals surface area contributed by atoms with E-state index in [1.54, 1.807) is 0 Å². The first-order chi connectivity index (χ1) is 26.8. The molecule has 0 fully saturated rings. The molecule has 0 amide bonds. The van der Waals surface area contributed by atoms with Crippen LogP contribution in [0.15, 0.2) is 170 Å². The maximum atomic E-state index is 5.39. The third kappa shape index (κ3) is 4.98. The summed E-state index contributed by atoms with van der Waals surface area (Å²) in [7, 11) is 0. The summed E-state index contributed by atoms with van der Waals surface area (Å²) in [6.45, 7) is 0. The van der Waals surface area contributed by atoms with E-state index in [0.29, 0.717) is 0 Å². The number of nitrogens with zero attached hydrogens (tertiary/aromatic N) is 4. The number of fused-ring (bicyclic) bond motifs is 11. The molecule has 4 nitrogen and oxygen atoms in total. The number of hydrogen-bond donors (Lipinski definition) is 0. The predicted octanol–water partition coefficient (Wildman–Crippen LogP) is 12.4. The Morgan fingerprint density at radius 3 is 2.13 bits per heavy atom. The second-order valence-corrected chi connectivity index (χ2v) is 14.4. The summed E-state index contributed by atoms with van der Waals surface area (Å²) in [5.41, 5.74) is 16.2. The molecule has 0 saturated carbocycles. The van der Waals surface area contributed by atoms with Crippen molar-refractivity contribution in [3.63, 3.8) is 0 Å². The molecule has 0 aliphatic heterocycles. The Kier molecular flexibility index (Phi) is 7.09.